The molecule has 3 rings (SSSR count). The van der Waals surface area contributed by atoms with Gasteiger partial charge in [0.1, 0.15) is 8.07 Å². The fraction of sp³-hybridized carbons (Fsp3) is 0.444. The quantitative estimate of drug-likeness (QED) is 0.234. The minimum Gasteiger partial charge on any atom is -0.379 e. The second kappa shape index (κ2) is 11.0. The third-order valence-electron chi connectivity index (χ3n) is 5.80. The summed E-state index contributed by atoms with van der Waals surface area (Å²) in [7, 11) is -1.37. The highest BCUT2D eigenvalue weighted by atomic mass is 28.3. The van der Waals surface area contributed by atoms with Crippen LogP contribution >= 0.6 is 0 Å². The lowest BCUT2D eigenvalue weighted by Gasteiger charge is -2.26. The summed E-state index contributed by atoms with van der Waals surface area (Å²) in [5.74, 6) is 9.27. The number of aryl methyl sites for hydroxylation is 2. The number of nitrogens with two attached hydrogens (primary N) is 1. The zero-order chi connectivity index (χ0) is 23.1. The molecule has 1 aliphatic heterocycles. The Balaban J connectivity index is 1.73. The van der Waals surface area contributed by atoms with Gasteiger partial charge in [-0.2, -0.15) is 5.10 Å². The minimum atomic E-state index is -1.37. The molecule has 32 heavy (non-hydrogen) atoms. The first-order chi connectivity index (χ1) is 15.2. The SMILES string of the molecule is Cc1cc(C)c(/C(Cc2ccc(CN3CCOCC3)cc2)=N/N)cc1CC#C[Si](C)(C)C. The van der Waals surface area contributed by atoms with Crippen LogP contribution in [-0.4, -0.2) is 45.0 Å². The standard InChI is InChI=1S/C27H37N3OSi/c1-21-17-22(2)26(19-25(21)7-6-16-32(3,4)5)27(29-28)18-23-8-10-24(11-9-23)20-30-12-14-31-15-13-30/h8-11,17,19H,7,12-15,18,20,28H2,1-5H3/b29-27+. The largest absolute Gasteiger partial charge is 0.379 e. The molecule has 0 aliphatic carbocycles. The van der Waals surface area contributed by atoms with Crippen molar-refractivity contribution in [3.05, 3.63) is 69.8 Å². The van der Waals surface area contributed by atoms with Crippen LogP contribution in [0.2, 0.25) is 19.6 Å². The van der Waals surface area contributed by atoms with Crippen LogP contribution in [0.1, 0.15) is 33.4 Å². The molecule has 0 spiro atoms. The van der Waals surface area contributed by atoms with E-state index in [0.29, 0.717) is 0 Å². The molecule has 1 heterocycles. The molecular weight excluding hydrogens is 410 g/mol. The van der Waals surface area contributed by atoms with Gasteiger partial charge in [-0.3, -0.25) is 4.90 Å². The highest BCUT2D eigenvalue weighted by molar-refractivity contribution is 6.83. The number of hydrazone groups is 1. The van der Waals surface area contributed by atoms with E-state index in [1.54, 1.807) is 0 Å². The Kier molecular flexibility index (Phi) is 8.30. The average molecular weight is 448 g/mol. The summed E-state index contributed by atoms with van der Waals surface area (Å²) in [6.45, 7) is 15.8. The van der Waals surface area contributed by atoms with Gasteiger partial charge in [-0.1, -0.05) is 50.0 Å². The summed E-state index contributed by atoms with van der Waals surface area (Å²) in [6.07, 6.45) is 1.50. The highest BCUT2D eigenvalue weighted by Crippen LogP contribution is 2.20. The number of rotatable bonds is 6. The molecule has 170 valence electrons. The smallest absolute Gasteiger partial charge is 0.129 e. The molecule has 4 nitrogen and oxygen atoms in total. The first-order valence-corrected chi connectivity index (χ1v) is 15.0. The van der Waals surface area contributed by atoms with Crippen molar-refractivity contribution in [2.75, 3.05) is 26.3 Å². The van der Waals surface area contributed by atoms with Crippen molar-refractivity contribution in [3.8, 4) is 11.5 Å². The van der Waals surface area contributed by atoms with Crippen LogP contribution in [0.4, 0.5) is 0 Å². The van der Waals surface area contributed by atoms with Crippen molar-refractivity contribution >= 4 is 13.8 Å². The average Bonchev–Trinajstić information content (AvgIpc) is 2.75. The van der Waals surface area contributed by atoms with Gasteiger partial charge in [-0.15, -0.1) is 11.5 Å². The third-order valence-corrected chi connectivity index (χ3v) is 6.72. The first kappa shape index (κ1) is 24.3. The molecule has 5 heteroatoms. The Morgan fingerprint density at radius 1 is 1.03 bits per heavy atom. The van der Waals surface area contributed by atoms with Gasteiger partial charge in [-0.25, -0.2) is 0 Å². The van der Waals surface area contributed by atoms with Crippen molar-refractivity contribution in [2.24, 2.45) is 10.9 Å². The molecule has 2 aromatic rings. The van der Waals surface area contributed by atoms with Gasteiger partial charge in [-0.05, 0) is 47.7 Å². The Hall–Kier alpha value is -2.39. The fourth-order valence-corrected chi connectivity index (χ4v) is 4.61. The lowest BCUT2D eigenvalue weighted by atomic mass is 9.93. The highest BCUT2D eigenvalue weighted by Gasteiger charge is 2.13. The number of nitrogens with zero attached hydrogens (tertiary/aromatic N) is 2. The van der Waals surface area contributed by atoms with E-state index in [-0.39, 0.29) is 0 Å². The zero-order valence-electron chi connectivity index (χ0n) is 20.3. The van der Waals surface area contributed by atoms with Gasteiger partial charge in [0.15, 0.2) is 0 Å². The maximum atomic E-state index is 5.87. The maximum absolute atomic E-state index is 5.87. The van der Waals surface area contributed by atoms with E-state index < -0.39 is 8.07 Å². The number of hydrogen-bond acceptors (Lipinski definition) is 4. The lowest BCUT2D eigenvalue weighted by molar-refractivity contribution is 0.0342. The van der Waals surface area contributed by atoms with E-state index in [4.69, 9.17) is 10.6 Å². The Labute approximate surface area is 194 Å². The summed E-state index contributed by atoms with van der Waals surface area (Å²) in [4.78, 5) is 2.44. The molecule has 0 amide bonds. The van der Waals surface area contributed by atoms with Crippen LogP contribution in [0.5, 0.6) is 0 Å². The second-order valence-corrected chi connectivity index (χ2v) is 14.5. The summed E-state index contributed by atoms with van der Waals surface area (Å²) < 4.78 is 5.44. The molecule has 2 N–H and O–H groups in total. The zero-order valence-corrected chi connectivity index (χ0v) is 21.3. The number of hydrogen-bond donors (Lipinski definition) is 1. The van der Waals surface area contributed by atoms with Gasteiger partial charge in [0.25, 0.3) is 0 Å². The number of morpholine rings is 1. The Bertz CT molecular complexity index is 1000. The lowest BCUT2D eigenvalue weighted by Crippen LogP contribution is -2.35. The molecular formula is C27H37N3OSi. The molecule has 1 saturated heterocycles. The number of ether oxygens (including phenoxy) is 1. The second-order valence-electron chi connectivity index (χ2n) is 9.78. The van der Waals surface area contributed by atoms with E-state index in [9.17, 15) is 0 Å². The topological polar surface area (TPSA) is 50.8 Å². The van der Waals surface area contributed by atoms with Crippen LogP contribution in [-0.2, 0) is 24.1 Å². The van der Waals surface area contributed by atoms with Crippen LogP contribution in [0.15, 0.2) is 41.5 Å². The van der Waals surface area contributed by atoms with Crippen molar-refractivity contribution in [2.45, 2.75) is 52.9 Å². The van der Waals surface area contributed by atoms with Crippen molar-refractivity contribution in [1.82, 2.24) is 4.90 Å². The molecule has 0 unspecified atom stereocenters. The molecule has 0 aromatic heterocycles. The summed E-state index contributed by atoms with van der Waals surface area (Å²) >= 11 is 0. The molecule has 0 atom stereocenters. The van der Waals surface area contributed by atoms with E-state index >= 15 is 0 Å². The molecule has 2 aromatic carbocycles. The van der Waals surface area contributed by atoms with E-state index in [0.717, 1.165) is 57.0 Å². The van der Waals surface area contributed by atoms with Gasteiger partial charge in [0.05, 0.1) is 18.9 Å². The Morgan fingerprint density at radius 3 is 2.31 bits per heavy atom. The predicted octanol–water partition coefficient (Wildman–Crippen LogP) is 4.46. The van der Waals surface area contributed by atoms with Crippen molar-refractivity contribution in [1.29, 1.82) is 0 Å². The maximum Gasteiger partial charge on any atom is 0.129 e. The van der Waals surface area contributed by atoms with Crippen LogP contribution < -0.4 is 5.84 Å². The molecule has 0 saturated carbocycles. The van der Waals surface area contributed by atoms with Gasteiger partial charge in [0.2, 0.25) is 0 Å². The van der Waals surface area contributed by atoms with Crippen LogP contribution in [0.25, 0.3) is 0 Å². The van der Waals surface area contributed by atoms with Gasteiger partial charge < -0.3 is 10.6 Å². The third kappa shape index (κ3) is 7.06. The van der Waals surface area contributed by atoms with Gasteiger partial charge >= 0.3 is 0 Å². The van der Waals surface area contributed by atoms with E-state index in [1.807, 2.05) is 0 Å². The monoisotopic (exact) mass is 447 g/mol. The van der Waals surface area contributed by atoms with Crippen LogP contribution in [0.3, 0.4) is 0 Å². The van der Waals surface area contributed by atoms with Crippen molar-refractivity contribution < 1.29 is 4.74 Å². The summed E-state index contributed by atoms with van der Waals surface area (Å²) in [5.41, 5.74) is 11.8. The molecule has 0 radical (unpaired) electrons. The molecule has 0 bridgehead atoms. The minimum absolute atomic E-state index is 0.720. The van der Waals surface area contributed by atoms with Crippen molar-refractivity contribution in [3.63, 3.8) is 0 Å². The van der Waals surface area contributed by atoms with E-state index in [2.05, 4.69) is 91.4 Å². The van der Waals surface area contributed by atoms with Gasteiger partial charge in [0, 0.05) is 38.0 Å². The molecule has 1 fully saturated rings. The number of benzene rings is 2. The van der Waals surface area contributed by atoms with Crippen LogP contribution in [0, 0.1) is 25.3 Å². The summed E-state index contributed by atoms with van der Waals surface area (Å²) in [6, 6.07) is 13.3. The summed E-state index contributed by atoms with van der Waals surface area (Å²) in [5, 5.41) is 4.19. The van der Waals surface area contributed by atoms with E-state index in [1.165, 1.54) is 27.8 Å². The fourth-order valence-electron chi connectivity index (χ4n) is 3.99. The predicted molar refractivity (Wildman–Crippen MR) is 138 cm³/mol. The normalized spacial score (nSPS) is 15.3. The Morgan fingerprint density at radius 2 is 1.69 bits per heavy atom. The first-order valence-electron chi connectivity index (χ1n) is 11.5. The molecule has 1 aliphatic rings.